The molecule has 0 bridgehead atoms. The van der Waals surface area contributed by atoms with Crippen LogP contribution >= 0.6 is 0 Å². The number of benzene rings is 2. The molecule has 1 aromatic heterocycles. The second-order valence-electron chi connectivity index (χ2n) is 4.65. The fourth-order valence-corrected chi connectivity index (χ4v) is 2.50. The summed E-state index contributed by atoms with van der Waals surface area (Å²) in [6, 6.07) is 12.9. The zero-order valence-electron chi connectivity index (χ0n) is 11.3. The van der Waals surface area contributed by atoms with Gasteiger partial charge in [0.05, 0.1) is 16.6 Å². The maximum atomic E-state index is 11.8. The highest BCUT2D eigenvalue weighted by Gasteiger charge is 2.16. The van der Waals surface area contributed by atoms with Crippen LogP contribution in [0.5, 0.6) is 0 Å². The Labute approximate surface area is 121 Å². The zero-order chi connectivity index (χ0) is 14.8. The van der Waals surface area contributed by atoms with Gasteiger partial charge in [-0.25, -0.2) is 9.78 Å². The minimum absolute atomic E-state index is 0.292. The number of nitrogens with zero attached hydrogens (tertiary/aromatic N) is 1. The summed E-state index contributed by atoms with van der Waals surface area (Å²) in [4.78, 5) is 16.3. The molecule has 0 saturated carbocycles. The molecule has 0 fully saturated rings. The summed E-state index contributed by atoms with van der Waals surface area (Å²) in [6.07, 6.45) is 5.29. The Bertz CT molecular complexity index is 894. The van der Waals surface area contributed by atoms with E-state index in [0.717, 1.165) is 5.56 Å². The zero-order valence-corrected chi connectivity index (χ0v) is 11.3. The Morgan fingerprint density at radius 3 is 2.62 bits per heavy atom. The normalized spacial score (nSPS) is 11.2. The molecule has 3 aromatic rings. The maximum Gasteiger partial charge on any atom is 0.337 e. The molecule has 3 nitrogen and oxygen atoms in total. The monoisotopic (exact) mass is 275 g/mol. The number of carboxylic acids is 1. The number of carbonyl (C=O) groups is 1. The Kier molecular flexibility index (Phi) is 3.24. The van der Waals surface area contributed by atoms with Gasteiger partial charge < -0.3 is 5.11 Å². The van der Waals surface area contributed by atoms with Crippen LogP contribution in [-0.2, 0) is 0 Å². The predicted molar refractivity (Wildman–Crippen MR) is 85.4 cm³/mol. The highest BCUT2D eigenvalue weighted by molar-refractivity contribution is 6.15. The molecule has 0 aliphatic carbocycles. The number of aromatic carboxylic acids is 1. The van der Waals surface area contributed by atoms with E-state index in [4.69, 9.17) is 0 Å². The third-order valence-corrected chi connectivity index (χ3v) is 3.36. The number of pyridine rings is 1. The smallest absolute Gasteiger partial charge is 0.337 e. The van der Waals surface area contributed by atoms with Gasteiger partial charge in [0.1, 0.15) is 0 Å². The third kappa shape index (κ3) is 2.19. The van der Waals surface area contributed by atoms with E-state index < -0.39 is 5.97 Å². The lowest BCUT2D eigenvalue weighted by Crippen LogP contribution is -2.02. The van der Waals surface area contributed by atoms with E-state index in [1.165, 1.54) is 0 Å². The Morgan fingerprint density at radius 1 is 1.10 bits per heavy atom. The van der Waals surface area contributed by atoms with Crippen molar-refractivity contribution in [2.75, 3.05) is 0 Å². The molecule has 0 aliphatic rings. The highest BCUT2D eigenvalue weighted by Crippen LogP contribution is 2.29. The summed E-state index contributed by atoms with van der Waals surface area (Å²) in [6.45, 7) is 3.64. The van der Waals surface area contributed by atoms with Gasteiger partial charge in [0.25, 0.3) is 0 Å². The average molecular weight is 275 g/mol. The second kappa shape index (κ2) is 5.21. The largest absolute Gasteiger partial charge is 0.478 e. The molecule has 0 radical (unpaired) electrons. The number of hydrogen-bond acceptors (Lipinski definition) is 2. The molecule has 0 aliphatic heterocycles. The number of hydrogen-bond donors (Lipinski definition) is 1. The summed E-state index contributed by atoms with van der Waals surface area (Å²) in [5, 5.41) is 11.0. The van der Waals surface area contributed by atoms with Gasteiger partial charge in [-0.3, -0.25) is 0 Å². The lowest BCUT2D eigenvalue weighted by molar-refractivity contribution is 0.0701. The van der Waals surface area contributed by atoms with Crippen molar-refractivity contribution in [3.8, 4) is 0 Å². The lowest BCUT2D eigenvalue weighted by Gasteiger charge is -2.09. The number of para-hydroxylation sites is 1. The summed E-state index contributed by atoms with van der Waals surface area (Å²) >= 11 is 0. The van der Waals surface area contributed by atoms with Crippen molar-refractivity contribution in [1.29, 1.82) is 0 Å². The summed E-state index contributed by atoms with van der Waals surface area (Å²) in [7, 11) is 0. The SMILES string of the molecule is C=C/C=C/c1cccc2nc3ccccc3c(C(=O)O)c12. The Morgan fingerprint density at radius 2 is 1.86 bits per heavy atom. The van der Waals surface area contributed by atoms with Crippen LogP contribution in [-0.4, -0.2) is 16.1 Å². The van der Waals surface area contributed by atoms with E-state index in [0.29, 0.717) is 27.4 Å². The number of fused-ring (bicyclic) bond motifs is 2. The van der Waals surface area contributed by atoms with Gasteiger partial charge in [-0.1, -0.05) is 55.1 Å². The number of allylic oxidation sites excluding steroid dienone is 2. The molecule has 3 rings (SSSR count). The van der Waals surface area contributed by atoms with Crippen molar-refractivity contribution in [3.63, 3.8) is 0 Å². The average Bonchev–Trinajstić information content (AvgIpc) is 2.50. The number of rotatable bonds is 3. The van der Waals surface area contributed by atoms with Crippen LogP contribution in [0.4, 0.5) is 0 Å². The lowest BCUT2D eigenvalue weighted by atomic mass is 9.98. The minimum atomic E-state index is -0.946. The minimum Gasteiger partial charge on any atom is -0.478 e. The van der Waals surface area contributed by atoms with Crippen molar-refractivity contribution in [2.45, 2.75) is 0 Å². The van der Waals surface area contributed by atoms with Crippen molar-refractivity contribution < 1.29 is 9.90 Å². The van der Waals surface area contributed by atoms with Gasteiger partial charge >= 0.3 is 5.97 Å². The second-order valence-corrected chi connectivity index (χ2v) is 4.65. The molecule has 3 heteroatoms. The summed E-state index contributed by atoms with van der Waals surface area (Å²) in [5.41, 5.74) is 2.48. The van der Waals surface area contributed by atoms with E-state index in [1.807, 2.05) is 42.5 Å². The Balaban J connectivity index is 2.53. The molecule has 0 spiro atoms. The van der Waals surface area contributed by atoms with Gasteiger partial charge in [0.15, 0.2) is 0 Å². The fraction of sp³-hybridized carbons (Fsp3) is 0. The van der Waals surface area contributed by atoms with Gasteiger partial charge in [-0.05, 0) is 17.7 Å². The molecule has 0 saturated heterocycles. The number of aromatic nitrogens is 1. The van der Waals surface area contributed by atoms with Crippen LogP contribution in [0.2, 0.25) is 0 Å². The predicted octanol–water partition coefficient (Wildman–Crippen LogP) is 4.29. The van der Waals surface area contributed by atoms with E-state index in [-0.39, 0.29) is 0 Å². The van der Waals surface area contributed by atoms with Crippen molar-refractivity contribution >= 4 is 33.9 Å². The molecule has 21 heavy (non-hydrogen) atoms. The van der Waals surface area contributed by atoms with Gasteiger partial charge in [0, 0.05) is 10.8 Å². The van der Waals surface area contributed by atoms with E-state index >= 15 is 0 Å². The highest BCUT2D eigenvalue weighted by atomic mass is 16.4. The maximum absolute atomic E-state index is 11.8. The molecule has 102 valence electrons. The van der Waals surface area contributed by atoms with E-state index in [2.05, 4.69) is 11.6 Å². The van der Waals surface area contributed by atoms with Gasteiger partial charge in [0.2, 0.25) is 0 Å². The molecular formula is C18H13NO2. The summed E-state index contributed by atoms with van der Waals surface area (Å²) < 4.78 is 0. The molecule has 1 heterocycles. The quantitative estimate of drug-likeness (QED) is 0.573. The first-order valence-corrected chi connectivity index (χ1v) is 6.56. The van der Waals surface area contributed by atoms with Crippen LogP contribution in [0.15, 0.2) is 61.2 Å². The topological polar surface area (TPSA) is 50.2 Å². The molecule has 0 unspecified atom stereocenters. The molecule has 0 amide bonds. The van der Waals surface area contributed by atoms with Crippen LogP contribution in [0.3, 0.4) is 0 Å². The first-order chi connectivity index (χ1) is 10.2. The first kappa shape index (κ1) is 13.1. The van der Waals surface area contributed by atoms with Crippen molar-refractivity contribution in [3.05, 3.63) is 72.3 Å². The molecular weight excluding hydrogens is 262 g/mol. The van der Waals surface area contributed by atoms with Crippen LogP contribution in [0.1, 0.15) is 15.9 Å². The Hall–Kier alpha value is -2.94. The summed E-state index contributed by atoms with van der Waals surface area (Å²) in [5.74, 6) is -0.946. The van der Waals surface area contributed by atoms with E-state index in [1.54, 1.807) is 18.2 Å². The van der Waals surface area contributed by atoms with Crippen LogP contribution in [0.25, 0.3) is 27.9 Å². The van der Waals surface area contributed by atoms with Gasteiger partial charge in [-0.15, -0.1) is 0 Å². The first-order valence-electron chi connectivity index (χ1n) is 6.56. The fourth-order valence-electron chi connectivity index (χ4n) is 2.50. The van der Waals surface area contributed by atoms with Crippen LogP contribution < -0.4 is 0 Å². The molecule has 1 N–H and O–H groups in total. The standard InChI is InChI=1S/C18H13NO2/c1-2-3-7-12-8-6-11-15-16(12)17(18(20)21)13-9-4-5-10-14(13)19-15/h2-11H,1H2,(H,20,21)/b7-3+. The van der Waals surface area contributed by atoms with Crippen molar-refractivity contribution in [2.24, 2.45) is 0 Å². The van der Waals surface area contributed by atoms with Crippen LogP contribution in [0, 0.1) is 0 Å². The molecule has 2 aromatic carbocycles. The number of carboxylic acid groups (broad SMARTS) is 1. The van der Waals surface area contributed by atoms with E-state index in [9.17, 15) is 9.90 Å². The van der Waals surface area contributed by atoms with Gasteiger partial charge in [-0.2, -0.15) is 0 Å². The molecule has 0 atom stereocenters. The third-order valence-electron chi connectivity index (χ3n) is 3.36. The van der Waals surface area contributed by atoms with Crippen molar-refractivity contribution in [1.82, 2.24) is 4.98 Å².